The lowest BCUT2D eigenvalue weighted by Crippen LogP contribution is -1.94. The lowest BCUT2D eigenvalue weighted by Gasteiger charge is -1.98. The fraction of sp³-hybridized carbons (Fsp3) is 0.857. The molecule has 1 atom stereocenters. The summed E-state index contributed by atoms with van der Waals surface area (Å²) in [5.74, 6) is 0.295. The van der Waals surface area contributed by atoms with Crippen LogP contribution in [-0.2, 0) is 4.79 Å². The highest BCUT2D eigenvalue weighted by atomic mass is 79.9. The van der Waals surface area contributed by atoms with Crippen LogP contribution in [0.5, 0.6) is 0 Å². The van der Waals surface area contributed by atoms with Crippen molar-refractivity contribution in [1.29, 1.82) is 0 Å². The van der Waals surface area contributed by atoms with Gasteiger partial charge in [-0.25, -0.2) is 0 Å². The monoisotopic (exact) mass is 192 g/mol. The van der Waals surface area contributed by atoms with Crippen LogP contribution in [0.4, 0.5) is 0 Å². The number of ketones is 1. The zero-order valence-corrected chi connectivity index (χ0v) is 7.57. The molecule has 0 N–H and O–H groups in total. The van der Waals surface area contributed by atoms with Gasteiger partial charge in [-0.15, -0.1) is 0 Å². The number of halogens is 1. The molecule has 1 nitrogen and oxygen atoms in total. The summed E-state index contributed by atoms with van der Waals surface area (Å²) in [6.07, 6.45) is 2.84. The van der Waals surface area contributed by atoms with E-state index in [1.165, 1.54) is 0 Å². The van der Waals surface area contributed by atoms with Gasteiger partial charge in [-0.1, -0.05) is 22.9 Å². The van der Waals surface area contributed by atoms with Crippen LogP contribution in [0.3, 0.4) is 0 Å². The van der Waals surface area contributed by atoms with Crippen LogP contribution >= 0.6 is 15.9 Å². The standard InChI is InChI=1S/C7H13BrO/c1-6(8)4-3-5-7(2)9/h6H,3-5H2,1-2H3. The van der Waals surface area contributed by atoms with Crippen LogP contribution in [0.1, 0.15) is 33.1 Å². The Labute approximate surface area is 65.0 Å². The van der Waals surface area contributed by atoms with Gasteiger partial charge in [0.1, 0.15) is 5.78 Å². The maximum absolute atomic E-state index is 10.4. The molecule has 0 aliphatic rings. The van der Waals surface area contributed by atoms with Crippen LogP contribution in [0.15, 0.2) is 0 Å². The second-order valence-electron chi connectivity index (χ2n) is 2.38. The van der Waals surface area contributed by atoms with E-state index in [-0.39, 0.29) is 0 Å². The van der Waals surface area contributed by atoms with E-state index >= 15 is 0 Å². The van der Waals surface area contributed by atoms with Crippen LogP contribution in [0.25, 0.3) is 0 Å². The van der Waals surface area contributed by atoms with Gasteiger partial charge in [0.15, 0.2) is 0 Å². The molecule has 0 saturated carbocycles. The highest BCUT2D eigenvalue weighted by molar-refractivity contribution is 9.09. The minimum absolute atomic E-state index is 0.295. The van der Waals surface area contributed by atoms with Gasteiger partial charge >= 0.3 is 0 Å². The second-order valence-corrected chi connectivity index (χ2v) is 3.94. The van der Waals surface area contributed by atoms with E-state index in [0.29, 0.717) is 10.6 Å². The molecular weight excluding hydrogens is 180 g/mol. The van der Waals surface area contributed by atoms with Gasteiger partial charge in [-0.3, -0.25) is 0 Å². The van der Waals surface area contributed by atoms with Crippen molar-refractivity contribution in [3.05, 3.63) is 0 Å². The van der Waals surface area contributed by atoms with E-state index < -0.39 is 0 Å². The molecule has 54 valence electrons. The second kappa shape index (κ2) is 4.98. The molecule has 0 amide bonds. The van der Waals surface area contributed by atoms with Crippen molar-refractivity contribution in [2.24, 2.45) is 0 Å². The summed E-state index contributed by atoms with van der Waals surface area (Å²) in [6, 6.07) is 0. The molecule has 0 saturated heterocycles. The molecule has 1 unspecified atom stereocenters. The van der Waals surface area contributed by atoms with E-state index in [4.69, 9.17) is 0 Å². The van der Waals surface area contributed by atoms with Crippen molar-refractivity contribution in [3.8, 4) is 0 Å². The minimum atomic E-state index is 0.295. The van der Waals surface area contributed by atoms with Gasteiger partial charge in [-0.2, -0.15) is 0 Å². The van der Waals surface area contributed by atoms with Crippen molar-refractivity contribution < 1.29 is 4.79 Å². The van der Waals surface area contributed by atoms with Gasteiger partial charge in [0.05, 0.1) is 0 Å². The minimum Gasteiger partial charge on any atom is -0.300 e. The first-order valence-corrected chi connectivity index (χ1v) is 4.18. The Morgan fingerprint density at radius 2 is 2.22 bits per heavy atom. The summed E-state index contributed by atoms with van der Waals surface area (Å²) in [5, 5.41) is 0. The van der Waals surface area contributed by atoms with Gasteiger partial charge in [0.25, 0.3) is 0 Å². The number of hydrogen-bond donors (Lipinski definition) is 0. The first kappa shape index (κ1) is 9.15. The summed E-state index contributed by atoms with van der Waals surface area (Å²) in [4.78, 5) is 11.0. The molecule has 0 heterocycles. The summed E-state index contributed by atoms with van der Waals surface area (Å²) in [7, 11) is 0. The van der Waals surface area contributed by atoms with E-state index in [9.17, 15) is 4.79 Å². The SMILES string of the molecule is CC(=O)CCCC(C)Br. The number of hydrogen-bond acceptors (Lipinski definition) is 1. The van der Waals surface area contributed by atoms with Crippen molar-refractivity contribution in [1.82, 2.24) is 0 Å². The third kappa shape index (κ3) is 8.15. The molecule has 0 fully saturated rings. The zero-order chi connectivity index (χ0) is 7.28. The molecule has 2 heteroatoms. The molecule has 0 aromatic carbocycles. The van der Waals surface area contributed by atoms with Crippen molar-refractivity contribution in [2.75, 3.05) is 0 Å². The Balaban J connectivity index is 3.01. The largest absolute Gasteiger partial charge is 0.300 e. The van der Waals surface area contributed by atoms with E-state index in [1.54, 1.807) is 6.92 Å². The van der Waals surface area contributed by atoms with Crippen LogP contribution in [-0.4, -0.2) is 10.6 Å². The Kier molecular flexibility index (Phi) is 5.06. The molecule has 0 rings (SSSR count). The van der Waals surface area contributed by atoms with Gasteiger partial charge in [0, 0.05) is 11.2 Å². The van der Waals surface area contributed by atoms with Crippen molar-refractivity contribution >= 4 is 21.7 Å². The Hall–Kier alpha value is 0.150. The Bertz CT molecular complexity index is 88.9. The average molecular weight is 193 g/mol. The highest BCUT2D eigenvalue weighted by Crippen LogP contribution is 2.07. The number of carbonyl (C=O) groups is 1. The Morgan fingerprint density at radius 3 is 2.56 bits per heavy atom. The number of alkyl halides is 1. The summed E-state index contributed by atoms with van der Waals surface area (Å²) in [6.45, 7) is 3.74. The lowest BCUT2D eigenvalue weighted by atomic mass is 10.2. The predicted molar refractivity (Wildman–Crippen MR) is 42.9 cm³/mol. The topological polar surface area (TPSA) is 17.1 Å². The summed E-state index contributed by atoms with van der Waals surface area (Å²) in [5.41, 5.74) is 0. The molecule has 9 heavy (non-hydrogen) atoms. The highest BCUT2D eigenvalue weighted by Gasteiger charge is 1.96. The number of carbonyl (C=O) groups excluding carboxylic acids is 1. The van der Waals surface area contributed by atoms with Crippen molar-refractivity contribution in [3.63, 3.8) is 0 Å². The van der Waals surface area contributed by atoms with Crippen LogP contribution < -0.4 is 0 Å². The Morgan fingerprint density at radius 1 is 1.67 bits per heavy atom. The molecular formula is C7H13BrO. The van der Waals surface area contributed by atoms with E-state index in [0.717, 1.165) is 19.3 Å². The molecule has 0 bridgehead atoms. The van der Waals surface area contributed by atoms with Crippen LogP contribution in [0, 0.1) is 0 Å². The van der Waals surface area contributed by atoms with E-state index in [1.807, 2.05) is 0 Å². The average Bonchev–Trinajstić information content (AvgIpc) is 1.63. The summed E-state index contributed by atoms with van der Waals surface area (Å²) >= 11 is 3.41. The van der Waals surface area contributed by atoms with Crippen LogP contribution in [0.2, 0.25) is 0 Å². The number of rotatable bonds is 4. The fourth-order valence-electron chi connectivity index (χ4n) is 0.632. The smallest absolute Gasteiger partial charge is 0.129 e. The molecule has 0 aromatic heterocycles. The van der Waals surface area contributed by atoms with Crippen molar-refractivity contribution in [2.45, 2.75) is 37.9 Å². The first-order chi connectivity index (χ1) is 4.13. The zero-order valence-electron chi connectivity index (χ0n) is 5.98. The molecule has 0 aliphatic carbocycles. The molecule has 0 radical (unpaired) electrons. The van der Waals surface area contributed by atoms with Gasteiger partial charge in [0.2, 0.25) is 0 Å². The van der Waals surface area contributed by atoms with Gasteiger partial charge < -0.3 is 4.79 Å². The summed E-state index contributed by atoms with van der Waals surface area (Å²) < 4.78 is 0. The quantitative estimate of drug-likeness (QED) is 0.627. The molecule has 0 aromatic rings. The normalized spacial score (nSPS) is 13.2. The third-order valence-corrected chi connectivity index (χ3v) is 1.59. The van der Waals surface area contributed by atoms with E-state index in [2.05, 4.69) is 22.9 Å². The molecule has 0 aliphatic heterocycles. The molecule has 0 spiro atoms. The number of Topliss-reactive ketones (excluding diaryl/α,β-unsaturated/α-hetero) is 1. The first-order valence-electron chi connectivity index (χ1n) is 3.26. The maximum Gasteiger partial charge on any atom is 0.129 e. The maximum atomic E-state index is 10.4. The van der Waals surface area contributed by atoms with Gasteiger partial charge in [-0.05, 0) is 19.8 Å². The fourth-order valence-corrected chi connectivity index (χ4v) is 0.956. The third-order valence-electron chi connectivity index (χ3n) is 1.13. The lowest BCUT2D eigenvalue weighted by molar-refractivity contribution is -0.117. The predicted octanol–water partition coefficient (Wildman–Crippen LogP) is 2.53.